The van der Waals surface area contributed by atoms with Crippen LogP contribution in [0.3, 0.4) is 0 Å². The van der Waals surface area contributed by atoms with Gasteiger partial charge in [-0.2, -0.15) is 0 Å². The molecule has 1 aliphatic carbocycles. The molecule has 0 amide bonds. The van der Waals surface area contributed by atoms with E-state index in [9.17, 15) is 4.79 Å². The van der Waals surface area contributed by atoms with E-state index in [2.05, 4.69) is 27.7 Å². The minimum absolute atomic E-state index is 0.0606. The minimum atomic E-state index is 0.0606. The van der Waals surface area contributed by atoms with Crippen molar-refractivity contribution in [2.24, 2.45) is 11.8 Å². The van der Waals surface area contributed by atoms with Crippen molar-refractivity contribution in [2.75, 3.05) is 0 Å². The molecular weight excluding hydrogens is 212 g/mol. The number of hydrogen-bond acceptors (Lipinski definition) is 2. The van der Waals surface area contributed by atoms with Crippen molar-refractivity contribution in [3.05, 3.63) is 11.6 Å². The normalized spacial score (nSPS) is 41.7. The van der Waals surface area contributed by atoms with E-state index in [1.165, 1.54) is 5.57 Å². The maximum Gasteiger partial charge on any atom is 0.158 e. The summed E-state index contributed by atoms with van der Waals surface area (Å²) in [5.74, 6) is 0.914. The van der Waals surface area contributed by atoms with E-state index in [-0.39, 0.29) is 11.5 Å². The quantitative estimate of drug-likeness (QED) is 0.652. The van der Waals surface area contributed by atoms with Crippen molar-refractivity contribution < 1.29 is 9.53 Å². The van der Waals surface area contributed by atoms with Crippen LogP contribution in [0.15, 0.2) is 11.6 Å². The fourth-order valence-electron chi connectivity index (χ4n) is 2.90. The molecular formula is C15H24O2. The summed E-state index contributed by atoms with van der Waals surface area (Å²) >= 11 is 0. The maximum atomic E-state index is 12.2. The van der Waals surface area contributed by atoms with Crippen LogP contribution in [-0.4, -0.2) is 17.5 Å². The van der Waals surface area contributed by atoms with Crippen LogP contribution in [0.4, 0.5) is 0 Å². The molecule has 0 bridgehead atoms. The van der Waals surface area contributed by atoms with Crippen molar-refractivity contribution in [3.63, 3.8) is 0 Å². The third kappa shape index (κ3) is 2.79. The summed E-state index contributed by atoms with van der Waals surface area (Å²) < 4.78 is 5.81. The molecule has 2 aliphatic rings. The number of carbonyl (C=O) groups is 1. The molecule has 1 heterocycles. The van der Waals surface area contributed by atoms with Crippen molar-refractivity contribution in [1.82, 2.24) is 0 Å². The summed E-state index contributed by atoms with van der Waals surface area (Å²) in [7, 11) is 0. The van der Waals surface area contributed by atoms with Crippen LogP contribution in [0, 0.1) is 11.8 Å². The largest absolute Gasteiger partial charge is 0.366 e. The van der Waals surface area contributed by atoms with Crippen LogP contribution in [0.5, 0.6) is 0 Å². The van der Waals surface area contributed by atoms with Gasteiger partial charge in [0.2, 0.25) is 0 Å². The van der Waals surface area contributed by atoms with E-state index in [0.717, 1.165) is 25.7 Å². The summed E-state index contributed by atoms with van der Waals surface area (Å²) in [6.45, 7) is 8.55. The van der Waals surface area contributed by atoms with Crippen LogP contribution in [0.25, 0.3) is 0 Å². The maximum absolute atomic E-state index is 12.2. The van der Waals surface area contributed by atoms with Gasteiger partial charge in [0.1, 0.15) is 0 Å². The lowest BCUT2D eigenvalue weighted by Crippen LogP contribution is -2.23. The molecule has 0 spiro atoms. The van der Waals surface area contributed by atoms with Crippen LogP contribution in [0.2, 0.25) is 0 Å². The minimum Gasteiger partial charge on any atom is -0.366 e. The van der Waals surface area contributed by atoms with Crippen molar-refractivity contribution >= 4 is 5.78 Å². The molecule has 0 radical (unpaired) electrons. The monoisotopic (exact) mass is 236 g/mol. The Morgan fingerprint density at radius 3 is 2.76 bits per heavy atom. The summed E-state index contributed by atoms with van der Waals surface area (Å²) in [5, 5.41) is 0. The number of rotatable bonds is 1. The molecule has 1 saturated heterocycles. The Bertz CT molecular complexity index is 343. The molecule has 3 atom stereocenters. The molecule has 0 aromatic rings. The highest BCUT2D eigenvalue weighted by molar-refractivity contribution is 5.92. The number of hydrogen-bond donors (Lipinski definition) is 0. The Kier molecular flexibility index (Phi) is 3.44. The number of ether oxygens (including phenoxy) is 1. The second-order valence-corrected chi connectivity index (χ2v) is 6.24. The first-order valence-corrected chi connectivity index (χ1v) is 6.81. The lowest BCUT2D eigenvalue weighted by atomic mass is 9.82. The molecule has 17 heavy (non-hydrogen) atoms. The van der Waals surface area contributed by atoms with Gasteiger partial charge in [-0.1, -0.05) is 19.4 Å². The van der Waals surface area contributed by atoms with Crippen molar-refractivity contribution in [2.45, 2.75) is 65.1 Å². The standard InChI is InChI=1S/C15H24O2/c1-10(2)12-7-8-15(4)14(17-15)6-5-11(3)9-13(12)16/h9-10,12,14H,5-8H2,1-4H3/b11-9-. The van der Waals surface area contributed by atoms with Gasteiger partial charge >= 0.3 is 0 Å². The molecule has 1 aliphatic heterocycles. The number of ketones is 1. The SMILES string of the molecule is C/C1=C/C(=O)C(C(C)C)CCC2(C)OC2CC1. The molecule has 0 N–H and O–H groups in total. The topological polar surface area (TPSA) is 29.6 Å². The number of epoxide rings is 1. The summed E-state index contributed by atoms with van der Waals surface area (Å²) in [6.07, 6.45) is 6.35. The highest BCUT2D eigenvalue weighted by Gasteiger charge is 2.51. The summed E-state index contributed by atoms with van der Waals surface area (Å²) in [4.78, 5) is 12.2. The highest BCUT2D eigenvalue weighted by atomic mass is 16.6. The van der Waals surface area contributed by atoms with E-state index in [1.54, 1.807) is 0 Å². The lowest BCUT2D eigenvalue weighted by molar-refractivity contribution is -0.119. The van der Waals surface area contributed by atoms with Gasteiger partial charge in [0, 0.05) is 5.92 Å². The van der Waals surface area contributed by atoms with Gasteiger partial charge in [0.15, 0.2) is 5.78 Å². The van der Waals surface area contributed by atoms with Crippen LogP contribution >= 0.6 is 0 Å². The molecule has 3 unspecified atom stereocenters. The zero-order valence-corrected chi connectivity index (χ0v) is 11.5. The summed E-state index contributed by atoms with van der Waals surface area (Å²) in [6, 6.07) is 0. The lowest BCUT2D eigenvalue weighted by Gasteiger charge is -2.20. The van der Waals surface area contributed by atoms with E-state index < -0.39 is 0 Å². The fourth-order valence-corrected chi connectivity index (χ4v) is 2.90. The third-order valence-electron chi connectivity index (χ3n) is 4.35. The van der Waals surface area contributed by atoms with Crippen LogP contribution < -0.4 is 0 Å². The Hall–Kier alpha value is -0.630. The predicted molar refractivity (Wildman–Crippen MR) is 68.8 cm³/mol. The van der Waals surface area contributed by atoms with Gasteiger partial charge in [-0.25, -0.2) is 0 Å². The fraction of sp³-hybridized carbons (Fsp3) is 0.800. The smallest absolute Gasteiger partial charge is 0.158 e. The number of fused-ring (bicyclic) bond motifs is 1. The van der Waals surface area contributed by atoms with Gasteiger partial charge in [0.05, 0.1) is 11.7 Å². The average molecular weight is 236 g/mol. The zero-order chi connectivity index (χ0) is 12.6. The molecule has 0 saturated carbocycles. The average Bonchev–Trinajstić information content (AvgIpc) is 2.86. The van der Waals surface area contributed by atoms with Crippen molar-refractivity contribution in [3.8, 4) is 0 Å². The molecule has 2 nitrogen and oxygen atoms in total. The van der Waals surface area contributed by atoms with Gasteiger partial charge in [-0.15, -0.1) is 0 Å². The number of carbonyl (C=O) groups excluding carboxylic acids is 1. The second-order valence-electron chi connectivity index (χ2n) is 6.24. The Morgan fingerprint density at radius 2 is 2.12 bits per heavy atom. The zero-order valence-electron chi connectivity index (χ0n) is 11.5. The Labute approximate surface area is 104 Å². The Balaban J connectivity index is 2.15. The molecule has 0 aromatic heterocycles. The van der Waals surface area contributed by atoms with E-state index >= 15 is 0 Å². The van der Waals surface area contributed by atoms with Gasteiger partial charge in [-0.3, -0.25) is 4.79 Å². The third-order valence-corrected chi connectivity index (χ3v) is 4.35. The Morgan fingerprint density at radius 1 is 1.41 bits per heavy atom. The van der Waals surface area contributed by atoms with Crippen molar-refractivity contribution in [1.29, 1.82) is 0 Å². The summed E-state index contributed by atoms with van der Waals surface area (Å²) in [5.41, 5.74) is 1.27. The molecule has 96 valence electrons. The van der Waals surface area contributed by atoms with Gasteiger partial charge < -0.3 is 4.74 Å². The first-order chi connectivity index (χ1) is 7.92. The molecule has 0 aromatic carbocycles. The van der Waals surface area contributed by atoms with Crippen LogP contribution in [-0.2, 0) is 9.53 Å². The predicted octanol–water partition coefficient (Wildman–Crippen LogP) is 3.51. The first kappa shape index (κ1) is 12.8. The number of allylic oxidation sites excluding steroid dienone is 2. The van der Waals surface area contributed by atoms with Gasteiger partial charge in [0.25, 0.3) is 0 Å². The highest BCUT2D eigenvalue weighted by Crippen LogP contribution is 2.45. The second kappa shape index (κ2) is 4.56. The first-order valence-electron chi connectivity index (χ1n) is 6.81. The van der Waals surface area contributed by atoms with E-state index in [1.807, 2.05) is 6.08 Å². The van der Waals surface area contributed by atoms with E-state index in [4.69, 9.17) is 4.74 Å². The van der Waals surface area contributed by atoms with Crippen LogP contribution in [0.1, 0.15) is 53.4 Å². The molecule has 1 fully saturated rings. The molecule has 2 rings (SSSR count). The van der Waals surface area contributed by atoms with E-state index in [0.29, 0.717) is 17.8 Å². The van der Waals surface area contributed by atoms with Gasteiger partial charge in [-0.05, 0) is 51.5 Å². The molecule has 2 heteroatoms.